The van der Waals surface area contributed by atoms with E-state index in [1.807, 2.05) is 11.3 Å². The number of nitrogens with zero attached hydrogens (tertiary/aromatic N) is 1. The predicted octanol–water partition coefficient (Wildman–Crippen LogP) is 7.37. The molecular formula is C25H17NS. The van der Waals surface area contributed by atoms with Gasteiger partial charge in [-0.25, -0.2) is 0 Å². The van der Waals surface area contributed by atoms with Gasteiger partial charge in [0.05, 0.1) is 0 Å². The molecule has 0 atom stereocenters. The first-order valence-corrected chi connectivity index (χ1v) is 10.0. The number of para-hydroxylation sites is 1. The second-order valence-electron chi connectivity index (χ2n) is 7.09. The molecule has 4 aromatic carbocycles. The number of aromatic nitrogens is 1. The molecule has 128 valence electrons. The highest BCUT2D eigenvalue weighted by Crippen LogP contribution is 2.42. The maximum Gasteiger partial charge on any atom is 0.0495 e. The highest BCUT2D eigenvalue weighted by molar-refractivity contribution is 7.26. The Bertz CT molecular complexity index is 1470. The first kappa shape index (κ1) is 15.0. The quantitative estimate of drug-likeness (QED) is 0.287. The van der Waals surface area contributed by atoms with Gasteiger partial charge in [0.15, 0.2) is 0 Å². The fourth-order valence-corrected chi connectivity index (χ4v) is 5.55. The Kier molecular flexibility index (Phi) is 3.03. The van der Waals surface area contributed by atoms with E-state index in [2.05, 4.69) is 96.5 Å². The molecule has 1 nitrogen and oxygen atoms in total. The number of thiophene rings is 1. The number of aryl methyl sites for hydroxylation is 1. The van der Waals surface area contributed by atoms with Crippen molar-refractivity contribution in [2.45, 2.75) is 0 Å². The van der Waals surface area contributed by atoms with Gasteiger partial charge in [-0.1, -0.05) is 66.7 Å². The molecule has 0 aliphatic heterocycles. The molecule has 27 heavy (non-hydrogen) atoms. The highest BCUT2D eigenvalue weighted by Gasteiger charge is 2.14. The average Bonchev–Trinajstić information content (AvgIpc) is 3.23. The second kappa shape index (κ2) is 5.45. The predicted molar refractivity (Wildman–Crippen MR) is 119 cm³/mol. The fraction of sp³-hybridized carbons (Fsp3) is 0.0400. The summed E-state index contributed by atoms with van der Waals surface area (Å²) >= 11 is 1.91. The molecule has 6 aromatic rings. The Balaban J connectivity index is 1.75. The minimum absolute atomic E-state index is 1.28. The summed E-state index contributed by atoms with van der Waals surface area (Å²) < 4.78 is 5.05. The summed E-state index contributed by atoms with van der Waals surface area (Å²) in [5.74, 6) is 0. The largest absolute Gasteiger partial charge is 0.344 e. The summed E-state index contributed by atoms with van der Waals surface area (Å²) in [4.78, 5) is 0. The lowest BCUT2D eigenvalue weighted by Crippen LogP contribution is -1.85. The molecule has 0 amide bonds. The Hall–Kier alpha value is -3.10. The smallest absolute Gasteiger partial charge is 0.0495 e. The lowest BCUT2D eigenvalue weighted by Gasteiger charge is -2.03. The van der Waals surface area contributed by atoms with E-state index in [1.54, 1.807) is 0 Å². The number of hydrogen-bond acceptors (Lipinski definition) is 1. The van der Waals surface area contributed by atoms with Gasteiger partial charge in [-0.3, -0.25) is 0 Å². The Morgan fingerprint density at radius 2 is 1.41 bits per heavy atom. The van der Waals surface area contributed by atoms with Crippen LogP contribution in [-0.4, -0.2) is 4.57 Å². The zero-order valence-corrected chi connectivity index (χ0v) is 15.8. The highest BCUT2D eigenvalue weighted by atomic mass is 32.1. The van der Waals surface area contributed by atoms with Crippen LogP contribution in [0.4, 0.5) is 0 Å². The molecule has 0 radical (unpaired) electrons. The molecule has 0 unspecified atom stereocenters. The Labute approximate surface area is 161 Å². The molecule has 0 saturated heterocycles. The van der Waals surface area contributed by atoms with Crippen LogP contribution in [0.1, 0.15) is 0 Å². The molecular weight excluding hydrogens is 346 g/mol. The monoisotopic (exact) mass is 363 g/mol. The average molecular weight is 363 g/mol. The summed E-state index contributed by atoms with van der Waals surface area (Å²) in [6.07, 6.45) is 0. The molecule has 0 aliphatic carbocycles. The van der Waals surface area contributed by atoms with Gasteiger partial charge in [0.1, 0.15) is 0 Å². The maximum atomic E-state index is 2.38. The first-order chi connectivity index (χ1) is 13.3. The van der Waals surface area contributed by atoms with Crippen LogP contribution in [0.3, 0.4) is 0 Å². The molecule has 2 heterocycles. The van der Waals surface area contributed by atoms with Gasteiger partial charge in [0.2, 0.25) is 0 Å². The van der Waals surface area contributed by atoms with Gasteiger partial charge >= 0.3 is 0 Å². The molecule has 0 fully saturated rings. The standard InChI is InChI=1S/C25H17NS/c1-26-22-13-6-5-10-18(22)20-15-24-21(14-23(20)26)19-12-7-11-17(25(19)27-24)16-8-3-2-4-9-16/h2-15H,1H3. The molecule has 0 spiro atoms. The van der Waals surface area contributed by atoms with E-state index in [0.29, 0.717) is 0 Å². The van der Waals surface area contributed by atoms with Crippen LogP contribution in [0.15, 0.2) is 84.9 Å². The van der Waals surface area contributed by atoms with Gasteiger partial charge in [-0.2, -0.15) is 0 Å². The zero-order chi connectivity index (χ0) is 18.0. The topological polar surface area (TPSA) is 4.93 Å². The minimum atomic E-state index is 1.28. The van der Waals surface area contributed by atoms with Crippen molar-refractivity contribution in [2.24, 2.45) is 7.05 Å². The third kappa shape index (κ3) is 2.05. The van der Waals surface area contributed by atoms with Crippen LogP contribution in [0.25, 0.3) is 53.1 Å². The van der Waals surface area contributed by atoms with Gasteiger partial charge in [-0.15, -0.1) is 11.3 Å². The van der Waals surface area contributed by atoms with Crippen molar-refractivity contribution in [1.82, 2.24) is 4.57 Å². The van der Waals surface area contributed by atoms with Crippen molar-refractivity contribution in [3.05, 3.63) is 84.9 Å². The van der Waals surface area contributed by atoms with Crippen molar-refractivity contribution >= 4 is 53.3 Å². The molecule has 2 aromatic heterocycles. The van der Waals surface area contributed by atoms with E-state index in [0.717, 1.165) is 0 Å². The minimum Gasteiger partial charge on any atom is -0.344 e. The fourth-order valence-electron chi connectivity index (χ4n) is 4.29. The van der Waals surface area contributed by atoms with E-state index in [1.165, 1.54) is 53.1 Å². The summed E-state index contributed by atoms with van der Waals surface area (Å²) in [6, 6.07) is 30.8. The van der Waals surface area contributed by atoms with Gasteiger partial charge in [0.25, 0.3) is 0 Å². The van der Waals surface area contributed by atoms with Gasteiger partial charge in [0, 0.05) is 49.0 Å². The Morgan fingerprint density at radius 3 is 2.30 bits per heavy atom. The summed E-state index contributed by atoms with van der Waals surface area (Å²) in [5.41, 5.74) is 5.20. The van der Waals surface area contributed by atoms with E-state index >= 15 is 0 Å². The van der Waals surface area contributed by atoms with Crippen LogP contribution in [0, 0.1) is 0 Å². The van der Waals surface area contributed by atoms with E-state index in [9.17, 15) is 0 Å². The summed E-state index contributed by atoms with van der Waals surface area (Å²) in [5, 5.41) is 5.38. The molecule has 6 rings (SSSR count). The normalized spacial score (nSPS) is 11.9. The second-order valence-corrected chi connectivity index (χ2v) is 8.14. The summed E-state index contributed by atoms with van der Waals surface area (Å²) in [7, 11) is 2.17. The van der Waals surface area contributed by atoms with Crippen molar-refractivity contribution < 1.29 is 0 Å². The van der Waals surface area contributed by atoms with E-state index < -0.39 is 0 Å². The lowest BCUT2D eigenvalue weighted by atomic mass is 10.0. The van der Waals surface area contributed by atoms with Crippen LogP contribution in [0.5, 0.6) is 0 Å². The van der Waals surface area contributed by atoms with Crippen molar-refractivity contribution in [1.29, 1.82) is 0 Å². The summed E-state index contributed by atoms with van der Waals surface area (Å²) in [6.45, 7) is 0. The lowest BCUT2D eigenvalue weighted by molar-refractivity contribution is 1.02. The molecule has 2 heteroatoms. The molecule has 0 saturated carbocycles. The van der Waals surface area contributed by atoms with Crippen LogP contribution in [0.2, 0.25) is 0 Å². The van der Waals surface area contributed by atoms with Crippen LogP contribution >= 0.6 is 11.3 Å². The van der Waals surface area contributed by atoms with Gasteiger partial charge in [-0.05, 0) is 29.3 Å². The zero-order valence-electron chi connectivity index (χ0n) is 14.9. The van der Waals surface area contributed by atoms with Crippen molar-refractivity contribution in [3.8, 4) is 11.1 Å². The van der Waals surface area contributed by atoms with E-state index in [-0.39, 0.29) is 0 Å². The third-order valence-corrected chi connectivity index (χ3v) is 6.82. The van der Waals surface area contributed by atoms with Gasteiger partial charge < -0.3 is 4.57 Å². The van der Waals surface area contributed by atoms with Crippen molar-refractivity contribution in [3.63, 3.8) is 0 Å². The molecule has 0 N–H and O–H groups in total. The number of rotatable bonds is 1. The first-order valence-electron chi connectivity index (χ1n) is 9.19. The number of hydrogen-bond donors (Lipinski definition) is 0. The van der Waals surface area contributed by atoms with E-state index in [4.69, 9.17) is 0 Å². The van der Waals surface area contributed by atoms with Crippen LogP contribution in [-0.2, 0) is 7.05 Å². The SMILES string of the molecule is Cn1c2ccccc2c2cc3sc4c(-c5ccccc5)cccc4c3cc21. The third-order valence-electron chi connectivity index (χ3n) is 5.62. The number of fused-ring (bicyclic) bond motifs is 6. The van der Waals surface area contributed by atoms with Crippen molar-refractivity contribution in [2.75, 3.05) is 0 Å². The van der Waals surface area contributed by atoms with Crippen LogP contribution < -0.4 is 0 Å². The maximum absolute atomic E-state index is 2.38. The number of benzene rings is 4. The Morgan fingerprint density at radius 1 is 0.630 bits per heavy atom. The molecule has 0 bridgehead atoms. The molecule has 0 aliphatic rings.